The number of nitrogens with zero attached hydrogens (tertiary/aromatic N) is 2. The van der Waals surface area contributed by atoms with Gasteiger partial charge in [0, 0.05) is 24.4 Å². The fourth-order valence-corrected chi connectivity index (χ4v) is 1.99. The highest BCUT2D eigenvalue weighted by atomic mass is 15.0. The van der Waals surface area contributed by atoms with Crippen molar-refractivity contribution in [3.05, 3.63) is 18.2 Å². The van der Waals surface area contributed by atoms with Crippen LogP contribution >= 0.6 is 0 Å². The van der Waals surface area contributed by atoms with Gasteiger partial charge in [-0.1, -0.05) is 13.8 Å². The fourth-order valence-electron chi connectivity index (χ4n) is 1.99. The van der Waals surface area contributed by atoms with Crippen LogP contribution in [0, 0.1) is 0 Å². The molecule has 0 saturated carbocycles. The van der Waals surface area contributed by atoms with Crippen molar-refractivity contribution in [2.75, 3.05) is 13.6 Å². The number of rotatable bonds is 7. The molecule has 0 bridgehead atoms. The molecule has 1 aromatic rings. The molecule has 3 nitrogen and oxygen atoms in total. The van der Waals surface area contributed by atoms with E-state index >= 15 is 0 Å². The maximum atomic E-state index is 4.26. The summed E-state index contributed by atoms with van der Waals surface area (Å²) in [6.45, 7) is 6.64. The van der Waals surface area contributed by atoms with E-state index in [0.29, 0.717) is 5.92 Å². The standard InChI is InChI=1S/C12H23N3/c1-4-11(5-2)12-9-14-10-15(12)8-6-7-13-3/h9-11,13H,4-8H2,1-3H3. The molecule has 86 valence electrons. The summed E-state index contributed by atoms with van der Waals surface area (Å²) in [6.07, 6.45) is 7.56. The van der Waals surface area contributed by atoms with Gasteiger partial charge in [-0.2, -0.15) is 0 Å². The summed E-state index contributed by atoms with van der Waals surface area (Å²) in [4.78, 5) is 4.26. The molecule has 0 saturated heterocycles. The molecule has 15 heavy (non-hydrogen) atoms. The smallest absolute Gasteiger partial charge is 0.0948 e. The molecular formula is C12H23N3. The third-order valence-electron chi connectivity index (χ3n) is 2.97. The third kappa shape index (κ3) is 3.34. The van der Waals surface area contributed by atoms with E-state index in [9.17, 15) is 0 Å². The summed E-state index contributed by atoms with van der Waals surface area (Å²) in [5, 5.41) is 3.17. The van der Waals surface area contributed by atoms with E-state index in [2.05, 4.69) is 28.7 Å². The lowest BCUT2D eigenvalue weighted by Crippen LogP contribution is -2.13. The Morgan fingerprint density at radius 1 is 1.40 bits per heavy atom. The van der Waals surface area contributed by atoms with Crippen LogP contribution in [-0.2, 0) is 6.54 Å². The molecular weight excluding hydrogens is 186 g/mol. The fraction of sp³-hybridized carbons (Fsp3) is 0.750. The molecule has 1 rings (SSSR count). The first-order valence-corrected chi connectivity index (χ1v) is 5.98. The minimum absolute atomic E-state index is 0.669. The number of aromatic nitrogens is 2. The number of nitrogens with one attached hydrogen (secondary N) is 1. The Balaban J connectivity index is 2.59. The largest absolute Gasteiger partial charge is 0.334 e. The van der Waals surface area contributed by atoms with Gasteiger partial charge in [-0.3, -0.25) is 0 Å². The number of imidazole rings is 1. The minimum atomic E-state index is 0.669. The van der Waals surface area contributed by atoms with Crippen LogP contribution in [0.2, 0.25) is 0 Å². The van der Waals surface area contributed by atoms with Gasteiger partial charge < -0.3 is 9.88 Å². The second kappa shape index (κ2) is 6.62. The zero-order valence-corrected chi connectivity index (χ0v) is 10.2. The molecule has 0 fully saturated rings. The summed E-state index contributed by atoms with van der Waals surface area (Å²) in [5.74, 6) is 0.669. The highest BCUT2D eigenvalue weighted by molar-refractivity contribution is 5.05. The first kappa shape index (κ1) is 12.2. The van der Waals surface area contributed by atoms with Gasteiger partial charge in [0.1, 0.15) is 0 Å². The van der Waals surface area contributed by atoms with E-state index in [-0.39, 0.29) is 0 Å². The van der Waals surface area contributed by atoms with Crippen molar-refractivity contribution in [2.24, 2.45) is 0 Å². The van der Waals surface area contributed by atoms with Gasteiger partial charge in [-0.25, -0.2) is 4.98 Å². The van der Waals surface area contributed by atoms with Crippen molar-refractivity contribution >= 4 is 0 Å². The van der Waals surface area contributed by atoms with Crippen molar-refractivity contribution < 1.29 is 0 Å². The maximum absolute atomic E-state index is 4.26. The molecule has 3 heteroatoms. The lowest BCUT2D eigenvalue weighted by Gasteiger charge is -2.15. The van der Waals surface area contributed by atoms with Gasteiger partial charge in [0.15, 0.2) is 0 Å². The Hall–Kier alpha value is -0.830. The van der Waals surface area contributed by atoms with Crippen molar-refractivity contribution in [1.82, 2.24) is 14.9 Å². The normalized spacial score (nSPS) is 11.2. The Morgan fingerprint density at radius 2 is 2.13 bits per heavy atom. The Kier molecular flexibility index (Phi) is 5.40. The first-order valence-electron chi connectivity index (χ1n) is 5.98. The molecule has 1 heterocycles. The average molecular weight is 209 g/mol. The third-order valence-corrected chi connectivity index (χ3v) is 2.97. The Morgan fingerprint density at radius 3 is 2.73 bits per heavy atom. The zero-order valence-electron chi connectivity index (χ0n) is 10.2. The summed E-state index contributed by atoms with van der Waals surface area (Å²) >= 11 is 0. The summed E-state index contributed by atoms with van der Waals surface area (Å²) < 4.78 is 2.30. The van der Waals surface area contributed by atoms with E-state index < -0.39 is 0 Å². The molecule has 0 radical (unpaired) electrons. The van der Waals surface area contributed by atoms with Gasteiger partial charge in [0.25, 0.3) is 0 Å². The molecule has 1 aromatic heterocycles. The molecule has 1 N–H and O–H groups in total. The predicted molar refractivity (Wildman–Crippen MR) is 64.1 cm³/mol. The van der Waals surface area contributed by atoms with Crippen LogP contribution in [0.4, 0.5) is 0 Å². The minimum Gasteiger partial charge on any atom is -0.334 e. The van der Waals surface area contributed by atoms with E-state index in [1.54, 1.807) is 0 Å². The van der Waals surface area contributed by atoms with Crippen molar-refractivity contribution in [3.8, 4) is 0 Å². The van der Waals surface area contributed by atoms with Gasteiger partial charge in [0.2, 0.25) is 0 Å². The lowest BCUT2D eigenvalue weighted by molar-refractivity contribution is 0.541. The van der Waals surface area contributed by atoms with E-state index in [4.69, 9.17) is 0 Å². The molecule has 0 amide bonds. The van der Waals surface area contributed by atoms with Crippen LogP contribution in [0.5, 0.6) is 0 Å². The van der Waals surface area contributed by atoms with Crippen LogP contribution < -0.4 is 5.32 Å². The molecule has 0 aliphatic carbocycles. The van der Waals surface area contributed by atoms with Crippen molar-refractivity contribution in [1.29, 1.82) is 0 Å². The van der Waals surface area contributed by atoms with Crippen LogP contribution in [0.15, 0.2) is 12.5 Å². The highest BCUT2D eigenvalue weighted by Crippen LogP contribution is 2.22. The number of aryl methyl sites for hydroxylation is 1. The predicted octanol–water partition coefficient (Wildman–Crippen LogP) is 2.40. The van der Waals surface area contributed by atoms with Gasteiger partial charge in [-0.05, 0) is 32.9 Å². The van der Waals surface area contributed by atoms with E-state index in [1.807, 2.05) is 19.6 Å². The summed E-state index contributed by atoms with van der Waals surface area (Å²) in [5.41, 5.74) is 1.40. The van der Waals surface area contributed by atoms with Crippen LogP contribution in [0.3, 0.4) is 0 Å². The second-order valence-corrected chi connectivity index (χ2v) is 3.98. The summed E-state index contributed by atoms with van der Waals surface area (Å²) in [6, 6.07) is 0. The summed E-state index contributed by atoms with van der Waals surface area (Å²) in [7, 11) is 2.00. The van der Waals surface area contributed by atoms with Crippen molar-refractivity contribution in [3.63, 3.8) is 0 Å². The van der Waals surface area contributed by atoms with Crippen LogP contribution in [0.1, 0.15) is 44.7 Å². The van der Waals surface area contributed by atoms with Gasteiger partial charge in [0.05, 0.1) is 6.33 Å². The Labute approximate surface area is 92.9 Å². The quantitative estimate of drug-likeness (QED) is 0.699. The molecule has 0 aromatic carbocycles. The zero-order chi connectivity index (χ0) is 11.1. The second-order valence-electron chi connectivity index (χ2n) is 3.98. The van der Waals surface area contributed by atoms with Crippen LogP contribution in [0.25, 0.3) is 0 Å². The Bertz CT molecular complexity index is 264. The topological polar surface area (TPSA) is 29.9 Å². The maximum Gasteiger partial charge on any atom is 0.0948 e. The van der Waals surface area contributed by atoms with Crippen molar-refractivity contribution in [2.45, 2.75) is 45.6 Å². The number of hydrogen-bond acceptors (Lipinski definition) is 2. The number of hydrogen-bond donors (Lipinski definition) is 1. The lowest BCUT2D eigenvalue weighted by atomic mass is 10.00. The highest BCUT2D eigenvalue weighted by Gasteiger charge is 2.11. The van der Waals surface area contributed by atoms with E-state index in [1.165, 1.54) is 25.0 Å². The van der Waals surface area contributed by atoms with Gasteiger partial charge >= 0.3 is 0 Å². The molecule has 0 aliphatic heterocycles. The molecule has 0 atom stereocenters. The average Bonchev–Trinajstić information content (AvgIpc) is 2.69. The van der Waals surface area contributed by atoms with Crippen LogP contribution in [-0.4, -0.2) is 23.1 Å². The SMILES string of the molecule is CCC(CC)c1cncn1CCCNC. The molecule has 0 unspecified atom stereocenters. The van der Waals surface area contributed by atoms with Gasteiger partial charge in [-0.15, -0.1) is 0 Å². The monoisotopic (exact) mass is 209 g/mol. The molecule has 0 spiro atoms. The first-order chi connectivity index (χ1) is 7.33. The van der Waals surface area contributed by atoms with E-state index in [0.717, 1.165) is 13.1 Å². The molecule has 0 aliphatic rings.